The van der Waals surface area contributed by atoms with E-state index in [2.05, 4.69) is 15.2 Å². The van der Waals surface area contributed by atoms with Gasteiger partial charge in [-0.1, -0.05) is 24.3 Å². The molecule has 2 heterocycles. The largest absolute Gasteiger partial charge is 0.465 e. The SMILES string of the molecule is Cn1c(NC(=O)c2ccc(CN3CCN(C(=O)O)CC3)cc2)nc2ccccc21. The van der Waals surface area contributed by atoms with Gasteiger partial charge in [0.1, 0.15) is 0 Å². The number of hydrogen-bond donors (Lipinski definition) is 2. The van der Waals surface area contributed by atoms with Crippen LogP contribution in [0.4, 0.5) is 10.7 Å². The molecule has 150 valence electrons. The number of benzene rings is 2. The van der Waals surface area contributed by atoms with Crippen molar-refractivity contribution in [1.29, 1.82) is 0 Å². The second-order valence-corrected chi connectivity index (χ2v) is 7.18. The van der Waals surface area contributed by atoms with E-state index in [1.807, 2.05) is 48.0 Å². The zero-order valence-corrected chi connectivity index (χ0v) is 16.2. The van der Waals surface area contributed by atoms with E-state index in [-0.39, 0.29) is 5.91 Å². The van der Waals surface area contributed by atoms with Crippen LogP contribution in [0.2, 0.25) is 0 Å². The van der Waals surface area contributed by atoms with Crippen molar-refractivity contribution in [2.45, 2.75) is 6.54 Å². The fourth-order valence-corrected chi connectivity index (χ4v) is 3.55. The summed E-state index contributed by atoms with van der Waals surface area (Å²) < 4.78 is 1.86. The molecule has 4 rings (SSSR count). The van der Waals surface area contributed by atoms with Crippen LogP contribution >= 0.6 is 0 Å². The molecule has 8 heteroatoms. The van der Waals surface area contributed by atoms with E-state index < -0.39 is 6.09 Å². The third-order valence-electron chi connectivity index (χ3n) is 5.28. The Morgan fingerprint density at radius 1 is 1.03 bits per heavy atom. The minimum atomic E-state index is -0.861. The van der Waals surface area contributed by atoms with Crippen LogP contribution in [0.1, 0.15) is 15.9 Å². The first-order valence-corrected chi connectivity index (χ1v) is 9.53. The molecule has 0 spiro atoms. The first kappa shape index (κ1) is 18.9. The Balaban J connectivity index is 1.38. The van der Waals surface area contributed by atoms with E-state index in [0.717, 1.165) is 23.1 Å². The number of rotatable bonds is 4. The minimum absolute atomic E-state index is 0.204. The van der Waals surface area contributed by atoms with Crippen LogP contribution in [0.15, 0.2) is 48.5 Å². The highest BCUT2D eigenvalue weighted by Crippen LogP contribution is 2.18. The smallest absolute Gasteiger partial charge is 0.407 e. The maximum atomic E-state index is 12.6. The quantitative estimate of drug-likeness (QED) is 0.711. The van der Waals surface area contributed by atoms with Crippen molar-refractivity contribution in [1.82, 2.24) is 19.4 Å². The predicted molar refractivity (Wildman–Crippen MR) is 110 cm³/mol. The highest BCUT2D eigenvalue weighted by Gasteiger charge is 2.20. The van der Waals surface area contributed by atoms with E-state index in [4.69, 9.17) is 5.11 Å². The molecule has 1 aliphatic heterocycles. The van der Waals surface area contributed by atoms with Crippen LogP contribution in [0.5, 0.6) is 0 Å². The molecule has 0 unspecified atom stereocenters. The summed E-state index contributed by atoms with van der Waals surface area (Å²) in [6.45, 7) is 3.20. The number of nitrogens with one attached hydrogen (secondary N) is 1. The van der Waals surface area contributed by atoms with Crippen LogP contribution < -0.4 is 5.32 Å². The lowest BCUT2D eigenvalue weighted by Gasteiger charge is -2.33. The number of nitrogens with zero attached hydrogens (tertiary/aromatic N) is 4. The van der Waals surface area contributed by atoms with Gasteiger partial charge in [0.2, 0.25) is 5.95 Å². The Morgan fingerprint density at radius 3 is 2.38 bits per heavy atom. The molecular weight excluding hydrogens is 370 g/mol. The van der Waals surface area contributed by atoms with E-state index in [0.29, 0.717) is 37.7 Å². The summed E-state index contributed by atoms with van der Waals surface area (Å²) >= 11 is 0. The Morgan fingerprint density at radius 2 is 1.72 bits per heavy atom. The lowest BCUT2D eigenvalue weighted by Crippen LogP contribution is -2.47. The molecule has 1 saturated heterocycles. The highest BCUT2D eigenvalue weighted by molar-refractivity contribution is 6.04. The molecule has 0 saturated carbocycles. The molecule has 1 fully saturated rings. The number of amides is 2. The lowest BCUT2D eigenvalue weighted by atomic mass is 10.1. The molecule has 3 aromatic rings. The van der Waals surface area contributed by atoms with Crippen LogP contribution in [0.25, 0.3) is 11.0 Å². The van der Waals surface area contributed by atoms with Crippen LogP contribution in [0, 0.1) is 0 Å². The number of fused-ring (bicyclic) bond motifs is 1. The fourth-order valence-electron chi connectivity index (χ4n) is 3.55. The average Bonchev–Trinajstić information content (AvgIpc) is 3.04. The number of para-hydroxylation sites is 2. The van der Waals surface area contributed by atoms with Crippen molar-refractivity contribution in [3.8, 4) is 0 Å². The highest BCUT2D eigenvalue weighted by atomic mass is 16.4. The summed E-state index contributed by atoms with van der Waals surface area (Å²) in [5, 5.41) is 11.9. The summed E-state index contributed by atoms with van der Waals surface area (Å²) in [4.78, 5) is 31.7. The number of aryl methyl sites for hydroxylation is 1. The second-order valence-electron chi connectivity index (χ2n) is 7.18. The Labute approximate surface area is 168 Å². The van der Waals surface area contributed by atoms with E-state index in [1.54, 1.807) is 12.1 Å². The van der Waals surface area contributed by atoms with Crippen LogP contribution in [0.3, 0.4) is 0 Å². The zero-order chi connectivity index (χ0) is 20.4. The third kappa shape index (κ3) is 4.07. The zero-order valence-electron chi connectivity index (χ0n) is 16.2. The van der Waals surface area contributed by atoms with Gasteiger partial charge in [0.15, 0.2) is 0 Å². The second kappa shape index (κ2) is 7.92. The van der Waals surface area contributed by atoms with Crippen molar-refractivity contribution in [2.24, 2.45) is 7.05 Å². The molecule has 1 aromatic heterocycles. The average molecular weight is 393 g/mol. The van der Waals surface area contributed by atoms with Gasteiger partial charge in [0.25, 0.3) is 5.91 Å². The standard InChI is InChI=1S/C21H23N5O3/c1-24-18-5-3-2-4-17(18)22-20(24)23-19(27)16-8-6-15(7-9-16)14-25-10-12-26(13-11-25)21(28)29/h2-9H,10-14H2,1H3,(H,28,29)(H,22,23,27). The first-order valence-electron chi connectivity index (χ1n) is 9.53. The van der Waals surface area contributed by atoms with E-state index in [1.165, 1.54) is 4.90 Å². The van der Waals surface area contributed by atoms with Crippen molar-refractivity contribution < 1.29 is 14.7 Å². The van der Waals surface area contributed by atoms with Crippen molar-refractivity contribution in [3.05, 3.63) is 59.7 Å². The normalized spacial score (nSPS) is 14.9. The molecule has 0 atom stereocenters. The van der Waals surface area contributed by atoms with Crippen molar-refractivity contribution in [2.75, 3.05) is 31.5 Å². The molecule has 2 aromatic carbocycles. The topological polar surface area (TPSA) is 90.7 Å². The van der Waals surface area contributed by atoms with Gasteiger partial charge >= 0.3 is 6.09 Å². The number of carboxylic acid groups (broad SMARTS) is 1. The number of hydrogen-bond acceptors (Lipinski definition) is 4. The molecule has 2 amide bonds. The summed E-state index contributed by atoms with van der Waals surface area (Å²) in [5.41, 5.74) is 3.45. The predicted octanol–water partition coefficient (Wildman–Crippen LogP) is 2.62. The van der Waals surface area contributed by atoms with Crippen molar-refractivity contribution >= 4 is 29.0 Å². The molecule has 1 aliphatic rings. The van der Waals surface area contributed by atoms with Gasteiger partial charge < -0.3 is 14.6 Å². The Hall–Kier alpha value is -3.39. The van der Waals surface area contributed by atoms with Gasteiger partial charge in [-0.3, -0.25) is 15.0 Å². The number of aromatic nitrogens is 2. The minimum Gasteiger partial charge on any atom is -0.465 e. The summed E-state index contributed by atoms with van der Waals surface area (Å²) in [7, 11) is 1.87. The van der Waals surface area contributed by atoms with Gasteiger partial charge in [-0.15, -0.1) is 0 Å². The maximum absolute atomic E-state index is 12.6. The molecule has 29 heavy (non-hydrogen) atoms. The van der Waals surface area contributed by atoms with Crippen molar-refractivity contribution in [3.63, 3.8) is 0 Å². The third-order valence-corrected chi connectivity index (χ3v) is 5.28. The maximum Gasteiger partial charge on any atom is 0.407 e. The van der Waals surface area contributed by atoms with Gasteiger partial charge in [-0.25, -0.2) is 9.78 Å². The molecule has 0 radical (unpaired) electrons. The fraction of sp³-hybridized carbons (Fsp3) is 0.286. The monoisotopic (exact) mass is 393 g/mol. The first-order chi connectivity index (χ1) is 14.0. The summed E-state index contributed by atoms with van der Waals surface area (Å²) in [5.74, 6) is 0.307. The molecular formula is C21H23N5O3. The molecule has 8 nitrogen and oxygen atoms in total. The van der Waals surface area contributed by atoms with Gasteiger partial charge in [-0.2, -0.15) is 0 Å². The molecule has 0 aliphatic carbocycles. The number of piperazine rings is 1. The summed E-state index contributed by atoms with van der Waals surface area (Å²) in [6.07, 6.45) is -0.861. The number of imidazole rings is 1. The van der Waals surface area contributed by atoms with Gasteiger partial charge in [0, 0.05) is 45.3 Å². The number of anilines is 1. The summed E-state index contributed by atoms with van der Waals surface area (Å²) in [6, 6.07) is 15.2. The van der Waals surface area contributed by atoms with Crippen LogP contribution in [-0.4, -0.2) is 62.6 Å². The number of carbonyl (C=O) groups is 2. The molecule has 2 N–H and O–H groups in total. The van der Waals surface area contributed by atoms with Gasteiger partial charge in [-0.05, 0) is 29.8 Å². The Bertz CT molecular complexity index is 1040. The van der Waals surface area contributed by atoms with E-state index >= 15 is 0 Å². The van der Waals surface area contributed by atoms with Gasteiger partial charge in [0.05, 0.1) is 11.0 Å². The van der Waals surface area contributed by atoms with Crippen LogP contribution in [-0.2, 0) is 13.6 Å². The lowest BCUT2D eigenvalue weighted by molar-refractivity contribution is 0.102. The Kier molecular flexibility index (Phi) is 5.18. The molecule has 0 bridgehead atoms. The van der Waals surface area contributed by atoms with E-state index in [9.17, 15) is 9.59 Å². The number of carbonyl (C=O) groups excluding carboxylic acids is 1.